The van der Waals surface area contributed by atoms with Crippen molar-refractivity contribution in [3.05, 3.63) is 37.2 Å². The third kappa shape index (κ3) is 4.06. The molecule has 9 nitrogen and oxygen atoms in total. The van der Waals surface area contributed by atoms with Crippen molar-refractivity contribution in [1.29, 1.82) is 0 Å². The first-order chi connectivity index (χ1) is 22.2. The van der Waals surface area contributed by atoms with Gasteiger partial charge in [-0.15, -0.1) is 0 Å². The molecule has 0 aliphatic heterocycles. The van der Waals surface area contributed by atoms with E-state index >= 15 is 57.1 Å². The van der Waals surface area contributed by atoms with Gasteiger partial charge in [-0.1, -0.05) is 19.7 Å². The number of hydrogen-bond acceptors (Lipinski definition) is 9. The van der Waals surface area contributed by atoms with Crippen LogP contribution >= 0.6 is 0 Å². The van der Waals surface area contributed by atoms with Crippen molar-refractivity contribution in [1.82, 2.24) is 0 Å². The Morgan fingerprint density at radius 2 is 0.600 bits per heavy atom. The monoisotopic (exact) mass is 766 g/mol. The Morgan fingerprint density at radius 1 is 0.420 bits per heavy atom. The summed E-state index contributed by atoms with van der Waals surface area (Å²) in [6.45, 7) is 6.15. The predicted molar refractivity (Wildman–Crippen MR) is 122 cm³/mol. The number of halogens is 16. The molecule has 0 aromatic heterocycles. The molecule has 4 aliphatic carbocycles. The third-order valence-corrected chi connectivity index (χ3v) is 7.79. The average molecular weight is 766 g/mol. The van der Waals surface area contributed by atoms with Crippen LogP contribution in [0.1, 0.15) is 20.8 Å². The molecule has 4 aliphatic rings. The number of rotatable bonds is 12. The lowest BCUT2D eigenvalue weighted by molar-refractivity contribution is -0.650. The van der Waals surface area contributed by atoms with Crippen molar-refractivity contribution < 1.29 is 113 Å². The summed E-state index contributed by atoms with van der Waals surface area (Å²) in [6.07, 6.45) is -11.1. The lowest BCUT2D eigenvalue weighted by atomic mass is 9.38. The molecule has 284 valence electrons. The maximum atomic E-state index is 16.5. The molecular formula is C25H18F16O9. The molecule has 0 amide bonds. The summed E-state index contributed by atoms with van der Waals surface area (Å²) in [7, 11) is 0. The molecule has 0 aromatic rings. The van der Waals surface area contributed by atoms with Crippen LogP contribution in [0.25, 0.3) is 0 Å². The van der Waals surface area contributed by atoms with Crippen LogP contribution in [0.15, 0.2) is 37.2 Å². The second kappa shape index (κ2) is 11.2. The Bertz CT molecular complexity index is 1330. The number of esters is 3. The topological polar surface area (TPSA) is 107 Å². The number of alkyl halides is 13. The van der Waals surface area contributed by atoms with Crippen LogP contribution < -0.4 is 0 Å². The Labute approximate surface area is 266 Å². The van der Waals surface area contributed by atoms with Crippen molar-refractivity contribution in [2.45, 2.75) is 97.6 Å². The van der Waals surface area contributed by atoms with E-state index in [1.165, 1.54) is 0 Å². The minimum atomic E-state index is -7.91. The first-order valence-corrected chi connectivity index (χ1v) is 12.8. The zero-order valence-corrected chi connectivity index (χ0v) is 24.6. The van der Waals surface area contributed by atoms with E-state index in [1.54, 1.807) is 0 Å². The predicted octanol–water partition coefficient (Wildman–Crippen LogP) is 5.93. The van der Waals surface area contributed by atoms with E-state index < -0.39 is 112 Å². The molecule has 3 unspecified atom stereocenters. The van der Waals surface area contributed by atoms with E-state index in [4.69, 9.17) is 0 Å². The SMILES string of the molecule is C=C(F)C(=O)OC(C)OC12C(F)(F)C3(F)C(F)(F)C(OC(C)OC(=O)C(=C)F)(C1(F)F)C(F)(F)C(OC(C)OC(=O)C(=C)F)(C3(F)F)C2(F)F. The number of carbonyl (C=O) groups is 3. The fourth-order valence-corrected chi connectivity index (χ4v) is 5.97. The standard InChI is InChI=1S/C25H18F16O9/c1-7(26)13(42)45-10(4)48-17-20(30,31)16(29)21(32,33)18(23(17,36)37,49-11(5)46-14(43)8(2)27)25(40,41)19(22(16,34)35,24(17,38)39)50-12(6)47-15(44)9(3)28/h10-12H,1-3H2,4-6H3. The Morgan fingerprint density at radius 3 is 0.760 bits per heavy atom. The van der Waals surface area contributed by atoms with E-state index in [0.29, 0.717) is 0 Å². The molecule has 0 heterocycles. The van der Waals surface area contributed by atoms with E-state index in [0.717, 1.165) is 0 Å². The minimum absolute atomic E-state index is 0.212. The lowest BCUT2D eigenvalue weighted by Crippen LogP contribution is -3.12. The van der Waals surface area contributed by atoms with Gasteiger partial charge in [0.05, 0.1) is 0 Å². The van der Waals surface area contributed by atoms with Gasteiger partial charge in [0.1, 0.15) is 0 Å². The second-order valence-electron chi connectivity index (χ2n) is 10.6. The summed E-state index contributed by atoms with van der Waals surface area (Å²) in [6, 6.07) is 0. The van der Waals surface area contributed by atoms with E-state index in [-0.39, 0.29) is 20.8 Å². The van der Waals surface area contributed by atoms with Gasteiger partial charge in [0.25, 0.3) is 16.8 Å². The highest BCUT2D eigenvalue weighted by Gasteiger charge is 3.23. The van der Waals surface area contributed by atoms with Crippen LogP contribution in [0.4, 0.5) is 70.2 Å². The van der Waals surface area contributed by atoms with Gasteiger partial charge in [-0.05, 0) is 20.8 Å². The van der Waals surface area contributed by atoms with Gasteiger partial charge in [-0.3, -0.25) is 0 Å². The molecule has 4 rings (SSSR count). The quantitative estimate of drug-likeness (QED) is 0.0786. The van der Waals surface area contributed by atoms with Gasteiger partial charge in [0, 0.05) is 0 Å². The van der Waals surface area contributed by atoms with Gasteiger partial charge in [0.2, 0.25) is 36.4 Å². The van der Waals surface area contributed by atoms with Gasteiger partial charge in [-0.2, -0.15) is 65.9 Å². The van der Waals surface area contributed by atoms with Crippen LogP contribution in [0.3, 0.4) is 0 Å². The molecule has 4 bridgehead atoms. The fraction of sp³-hybridized carbons (Fsp3) is 0.640. The maximum absolute atomic E-state index is 16.5. The van der Waals surface area contributed by atoms with Crippen LogP contribution in [0, 0.1) is 0 Å². The molecule has 3 atom stereocenters. The minimum Gasteiger partial charge on any atom is -0.431 e. The fourth-order valence-electron chi connectivity index (χ4n) is 5.97. The number of hydrogen-bond donors (Lipinski definition) is 0. The molecular weight excluding hydrogens is 748 g/mol. The zero-order chi connectivity index (χ0) is 39.4. The summed E-state index contributed by atoms with van der Waals surface area (Å²) >= 11 is 0. The Balaban J connectivity index is 2.63. The smallest absolute Gasteiger partial charge is 0.368 e. The van der Waals surface area contributed by atoms with Gasteiger partial charge < -0.3 is 28.4 Å². The van der Waals surface area contributed by atoms with Gasteiger partial charge in [-0.25, -0.2) is 18.8 Å². The van der Waals surface area contributed by atoms with E-state index in [9.17, 15) is 27.6 Å². The molecule has 0 spiro atoms. The number of carbonyl (C=O) groups excluding carboxylic acids is 3. The van der Waals surface area contributed by atoms with E-state index in [2.05, 4.69) is 48.2 Å². The summed E-state index contributed by atoms with van der Waals surface area (Å²) in [4.78, 5) is 34.6. The van der Waals surface area contributed by atoms with Crippen LogP contribution in [0.2, 0.25) is 0 Å². The highest BCUT2D eigenvalue weighted by Crippen LogP contribution is 2.88. The average Bonchev–Trinajstić information content (AvgIpc) is 2.93. The van der Waals surface area contributed by atoms with Crippen molar-refractivity contribution >= 4 is 17.9 Å². The summed E-state index contributed by atoms with van der Waals surface area (Å²) in [5, 5.41) is 0. The first-order valence-electron chi connectivity index (χ1n) is 12.8. The highest BCUT2D eigenvalue weighted by atomic mass is 19.3. The molecule has 0 saturated heterocycles. The third-order valence-electron chi connectivity index (χ3n) is 7.79. The van der Waals surface area contributed by atoms with Crippen molar-refractivity contribution in [2.75, 3.05) is 0 Å². The summed E-state index contributed by atoms with van der Waals surface area (Å²) < 4.78 is 273. The van der Waals surface area contributed by atoms with Crippen molar-refractivity contribution in [3.63, 3.8) is 0 Å². The Hall–Kier alpha value is -3.61. The lowest BCUT2D eigenvalue weighted by Gasteiger charge is -2.77. The first kappa shape index (κ1) is 40.8. The molecule has 0 radical (unpaired) electrons. The highest BCUT2D eigenvalue weighted by molar-refractivity contribution is 5.86. The molecule has 25 heteroatoms. The summed E-state index contributed by atoms with van der Waals surface area (Å²) in [5.41, 5.74) is -29.7. The van der Waals surface area contributed by atoms with Crippen LogP contribution in [-0.2, 0) is 42.8 Å². The van der Waals surface area contributed by atoms with Gasteiger partial charge in [0.15, 0.2) is 0 Å². The van der Waals surface area contributed by atoms with Crippen LogP contribution in [0.5, 0.6) is 0 Å². The van der Waals surface area contributed by atoms with Crippen molar-refractivity contribution in [2.24, 2.45) is 0 Å². The molecule has 4 saturated carbocycles. The Kier molecular flexibility index (Phi) is 9.14. The largest absolute Gasteiger partial charge is 0.431 e. The molecule has 0 N–H and O–H groups in total. The second-order valence-corrected chi connectivity index (χ2v) is 10.6. The van der Waals surface area contributed by atoms with Crippen LogP contribution in [-0.4, -0.2) is 94.8 Å². The van der Waals surface area contributed by atoms with Crippen molar-refractivity contribution in [3.8, 4) is 0 Å². The molecule has 0 aromatic carbocycles. The summed E-state index contributed by atoms with van der Waals surface area (Å²) in [5.74, 6) is -61.7. The van der Waals surface area contributed by atoms with E-state index in [1.807, 2.05) is 0 Å². The normalized spacial score (nSPS) is 34.9. The molecule has 50 heavy (non-hydrogen) atoms. The number of ether oxygens (including phenoxy) is 6. The van der Waals surface area contributed by atoms with Gasteiger partial charge >= 0.3 is 59.1 Å². The zero-order valence-electron chi connectivity index (χ0n) is 24.6. The molecule has 4 fully saturated rings. The maximum Gasteiger partial charge on any atom is 0.368 e.